The first kappa shape index (κ1) is 10.6. The molecule has 0 aliphatic rings. The molecule has 1 unspecified atom stereocenters. The number of nitrogens with zero attached hydrogens (tertiary/aromatic N) is 1. The highest BCUT2D eigenvalue weighted by Crippen LogP contribution is 1.91. The van der Waals surface area contributed by atoms with Crippen molar-refractivity contribution >= 4 is 18.2 Å². The number of carbonyl (C=O) groups is 2. The van der Waals surface area contributed by atoms with Crippen LogP contribution < -0.4 is 11.5 Å². The number of carboxylic acid groups (broad SMARTS) is 1. The SMILES string of the molecule is NC(=O)N=CCCC(N)C(=O)O. The van der Waals surface area contributed by atoms with Crippen molar-refractivity contribution in [2.24, 2.45) is 16.5 Å². The molecule has 6 nitrogen and oxygen atoms in total. The van der Waals surface area contributed by atoms with Gasteiger partial charge in [0.2, 0.25) is 0 Å². The minimum Gasteiger partial charge on any atom is -0.480 e. The van der Waals surface area contributed by atoms with Gasteiger partial charge in [-0.25, -0.2) is 9.79 Å². The first-order valence-electron chi connectivity index (χ1n) is 3.34. The second-order valence-electron chi connectivity index (χ2n) is 2.17. The van der Waals surface area contributed by atoms with E-state index in [4.69, 9.17) is 10.8 Å². The van der Waals surface area contributed by atoms with Gasteiger partial charge in [-0.2, -0.15) is 0 Å². The molecule has 0 aromatic carbocycles. The molecular formula is C6H11N3O3. The van der Waals surface area contributed by atoms with Crippen molar-refractivity contribution < 1.29 is 14.7 Å². The molecule has 68 valence electrons. The Morgan fingerprint density at radius 1 is 1.58 bits per heavy atom. The Morgan fingerprint density at radius 3 is 2.58 bits per heavy atom. The molecule has 0 radical (unpaired) electrons. The van der Waals surface area contributed by atoms with Crippen LogP contribution in [-0.4, -0.2) is 29.4 Å². The van der Waals surface area contributed by atoms with Crippen LogP contribution in [0.25, 0.3) is 0 Å². The van der Waals surface area contributed by atoms with E-state index in [-0.39, 0.29) is 6.42 Å². The number of urea groups is 1. The minimum absolute atomic E-state index is 0.242. The van der Waals surface area contributed by atoms with Crippen LogP contribution in [0.2, 0.25) is 0 Å². The Bertz CT molecular complexity index is 202. The van der Waals surface area contributed by atoms with Crippen LogP contribution >= 0.6 is 0 Å². The Kier molecular flexibility index (Phi) is 4.62. The number of nitrogens with two attached hydrogens (primary N) is 2. The van der Waals surface area contributed by atoms with Crippen molar-refractivity contribution in [2.45, 2.75) is 18.9 Å². The van der Waals surface area contributed by atoms with E-state index in [1.165, 1.54) is 6.21 Å². The van der Waals surface area contributed by atoms with E-state index >= 15 is 0 Å². The molecule has 0 aromatic rings. The second kappa shape index (κ2) is 5.25. The summed E-state index contributed by atoms with van der Waals surface area (Å²) in [4.78, 5) is 23.4. The average Bonchev–Trinajstić information content (AvgIpc) is 1.97. The van der Waals surface area contributed by atoms with Gasteiger partial charge < -0.3 is 16.6 Å². The summed E-state index contributed by atoms with van der Waals surface area (Å²) in [5.74, 6) is -1.07. The van der Waals surface area contributed by atoms with E-state index in [2.05, 4.69) is 10.7 Å². The number of carboxylic acids is 1. The van der Waals surface area contributed by atoms with E-state index in [9.17, 15) is 9.59 Å². The van der Waals surface area contributed by atoms with Crippen LogP contribution in [0.3, 0.4) is 0 Å². The van der Waals surface area contributed by atoms with Crippen LogP contribution in [0.5, 0.6) is 0 Å². The molecule has 0 saturated carbocycles. The predicted octanol–water partition coefficient (Wildman–Crippen LogP) is -0.672. The Balaban J connectivity index is 3.56. The van der Waals surface area contributed by atoms with Crippen molar-refractivity contribution in [1.29, 1.82) is 0 Å². The number of amides is 2. The van der Waals surface area contributed by atoms with Crippen LogP contribution in [0.4, 0.5) is 4.79 Å². The van der Waals surface area contributed by atoms with Gasteiger partial charge in [-0.05, 0) is 12.8 Å². The van der Waals surface area contributed by atoms with Gasteiger partial charge in [0.1, 0.15) is 6.04 Å². The molecule has 12 heavy (non-hydrogen) atoms. The molecular weight excluding hydrogens is 162 g/mol. The standard InChI is InChI=1S/C6H11N3O3/c7-4(5(10)11)2-1-3-9-6(8)12/h3-4H,1-2,7H2,(H2,8,12)(H,10,11). The Morgan fingerprint density at radius 2 is 2.17 bits per heavy atom. The normalized spacial score (nSPS) is 13.1. The van der Waals surface area contributed by atoms with Crippen molar-refractivity contribution in [3.63, 3.8) is 0 Å². The smallest absolute Gasteiger partial charge is 0.337 e. The van der Waals surface area contributed by atoms with Crippen LogP contribution in [0.1, 0.15) is 12.8 Å². The van der Waals surface area contributed by atoms with Crippen LogP contribution in [-0.2, 0) is 4.79 Å². The van der Waals surface area contributed by atoms with E-state index in [1.807, 2.05) is 0 Å². The van der Waals surface area contributed by atoms with Gasteiger partial charge in [-0.3, -0.25) is 4.79 Å². The summed E-state index contributed by atoms with van der Waals surface area (Å²) >= 11 is 0. The molecule has 2 amide bonds. The molecule has 5 N–H and O–H groups in total. The third-order valence-corrected chi connectivity index (χ3v) is 1.14. The maximum absolute atomic E-state index is 10.2. The molecule has 0 fully saturated rings. The average molecular weight is 173 g/mol. The van der Waals surface area contributed by atoms with Gasteiger partial charge in [0, 0.05) is 6.21 Å². The van der Waals surface area contributed by atoms with Gasteiger partial charge in [-0.15, -0.1) is 0 Å². The molecule has 0 saturated heterocycles. The fraction of sp³-hybridized carbons (Fsp3) is 0.500. The Labute approximate surface area is 69.3 Å². The van der Waals surface area contributed by atoms with E-state index in [0.29, 0.717) is 6.42 Å². The number of hydrogen-bond donors (Lipinski definition) is 3. The lowest BCUT2D eigenvalue weighted by Gasteiger charge is -2.01. The van der Waals surface area contributed by atoms with Gasteiger partial charge in [0.15, 0.2) is 0 Å². The number of rotatable bonds is 4. The van der Waals surface area contributed by atoms with Crippen molar-refractivity contribution in [2.75, 3.05) is 0 Å². The molecule has 0 aliphatic carbocycles. The lowest BCUT2D eigenvalue weighted by atomic mass is 10.2. The number of aliphatic imine (C=N–C) groups is 1. The highest BCUT2D eigenvalue weighted by Gasteiger charge is 2.08. The third kappa shape index (κ3) is 5.36. The summed E-state index contributed by atoms with van der Waals surface area (Å²) in [6, 6.07) is -1.71. The lowest BCUT2D eigenvalue weighted by Crippen LogP contribution is -2.29. The maximum atomic E-state index is 10.2. The molecule has 0 spiro atoms. The monoisotopic (exact) mass is 173 g/mol. The lowest BCUT2D eigenvalue weighted by molar-refractivity contribution is -0.138. The molecule has 0 bridgehead atoms. The first-order chi connectivity index (χ1) is 5.54. The summed E-state index contributed by atoms with van der Waals surface area (Å²) in [5.41, 5.74) is 9.84. The second-order valence-corrected chi connectivity index (χ2v) is 2.17. The molecule has 0 aliphatic heterocycles. The quantitative estimate of drug-likeness (QED) is 0.488. The zero-order valence-corrected chi connectivity index (χ0v) is 6.43. The summed E-state index contributed by atoms with van der Waals surface area (Å²) in [5, 5.41) is 8.33. The fourth-order valence-corrected chi connectivity index (χ4v) is 0.532. The number of hydrogen-bond acceptors (Lipinski definition) is 3. The minimum atomic E-state index is -1.07. The Hall–Kier alpha value is -1.43. The van der Waals surface area contributed by atoms with Crippen LogP contribution in [0.15, 0.2) is 4.99 Å². The van der Waals surface area contributed by atoms with Crippen LogP contribution in [0, 0.1) is 0 Å². The summed E-state index contributed by atoms with van der Waals surface area (Å²) in [6.45, 7) is 0. The van der Waals surface area contributed by atoms with Crippen molar-refractivity contribution in [3.05, 3.63) is 0 Å². The number of aliphatic carboxylic acids is 1. The largest absolute Gasteiger partial charge is 0.480 e. The molecule has 6 heteroatoms. The molecule has 0 rings (SSSR count). The number of primary amides is 1. The third-order valence-electron chi connectivity index (χ3n) is 1.14. The molecule has 1 atom stereocenters. The van der Waals surface area contributed by atoms with E-state index in [0.717, 1.165) is 0 Å². The summed E-state index contributed by atoms with van der Waals surface area (Å²) in [7, 11) is 0. The van der Waals surface area contributed by atoms with Gasteiger partial charge >= 0.3 is 12.0 Å². The van der Waals surface area contributed by atoms with Gasteiger partial charge in [0.05, 0.1) is 0 Å². The van der Waals surface area contributed by atoms with E-state index in [1.54, 1.807) is 0 Å². The molecule has 0 heterocycles. The number of carbonyl (C=O) groups excluding carboxylic acids is 1. The maximum Gasteiger partial charge on any atom is 0.337 e. The summed E-state index contributed by atoms with van der Waals surface area (Å²) in [6.07, 6.45) is 1.83. The highest BCUT2D eigenvalue weighted by molar-refractivity contribution is 5.82. The topological polar surface area (TPSA) is 119 Å². The fourth-order valence-electron chi connectivity index (χ4n) is 0.532. The zero-order chi connectivity index (χ0) is 9.56. The van der Waals surface area contributed by atoms with Gasteiger partial charge in [0.25, 0.3) is 0 Å². The molecule has 0 aromatic heterocycles. The van der Waals surface area contributed by atoms with E-state index < -0.39 is 18.0 Å². The van der Waals surface area contributed by atoms with Gasteiger partial charge in [-0.1, -0.05) is 0 Å². The first-order valence-corrected chi connectivity index (χ1v) is 3.34. The highest BCUT2D eigenvalue weighted by atomic mass is 16.4. The van der Waals surface area contributed by atoms with Crippen molar-refractivity contribution in [1.82, 2.24) is 0 Å². The predicted molar refractivity (Wildman–Crippen MR) is 42.9 cm³/mol. The zero-order valence-electron chi connectivity index (χ0n) is 6.43. The summed E-state index contributed by atoms with van der Waals surface area (Å²) < 4.78 is 0. The van der Waals surface area contributed by atoms with Crippen molar-refractivity contribution in [3.8, 4) is 0 Å².